The average molecular weight is 256 g/mol. The molecule has 4 nitrogen and oxygen atoms in total. The molecule has 0 aliphatic rings. The summed E-state index contributed by atoms with van der Waals surface area (Å²) in [4.78, 5) is 23.0. The SMILES string of the molecule is CCOC(=O)C(C)C(=O)Nc1ccc(Cl)cc1. The summed E-state index contributed by atoms with van der Waals surface area (Å²) in [7, 11) is 0. The van der Waals surface area contributed by atoms with Gasteiger partial charge in [-0.2, -0.15) is 0 Å². The Morgan fingerprint density at radius 1 is 1.35 bits per heavy atom. The molecule has 1 amide bonds. The molecule has 92 valence electrons. The maximum absolute atomic E-state index is 11.7. The number of halogens is 1. The maximum atomic E-state index is 11.7. The fourth-order valence-electron chi connectivity index (χ4n) is 1.16. The Labute approximate surface area is 105 Å². The fraction of sp³-hybridized carbons (Fsp3) is 0.333. The van der Waals surface area contributed by atoms with Crippen molar-refractivity contribution in [1.82, 2.24) is 0 Å². The van der Waals surface area contributed by atoms with Crippen molar-refractivity contribution in [3.8, 4) is 0 Å². The van der Waals surface area contributed by atoms with Crippen molar-refractivity contribution < 1.29 is 14.3 Å². The number of anilines is 1. The lowest BCUT2D eigenvalue weighted by molar-refractivity contribution is -0.150. The molecular weight excluding hydrogens is 242 g/mol. The molecule has 0 aliphatic carbocycles. The molecule has 1 atom stereocenters. The zero-order chi connectivity index (χ0) is 12.8. The predicted octanol–water partition coefficient (Wildman–Crippen LogP) is 2.48. The van der Waals surface area contributed by atoms with Gasteiger partial charge >= 0.3 is 5.97 Å². The van der Waals surface area contributed by atoms with E-state index in [0.717, 1.165) is 0 Å². The third-order valence-electron chi connectivity index (χ3n) is 2.15. The summed E-state index contributed by atoms with van der Waals surface area (Å²) < 4.78 is 4.76. The average Bonchev–Trinajstić information content (AvgIpc) is 2.31. The molecule has 0 bridgehead atoms. The smallest absolute Gasteiger partial charge is 0.318 e. The van der Waals surface area contributed by atoms with Crippen LogP contribution in [0.4, 0.5) is 5.69 Å². The molecule has 0 aliphatic heterocycles. The van der Waals surface area contributed by atoms with Gasteiger partial charge in [0.15, 0.2) is 0 Å². The Bertz CT molecular complexity index is 403. The molecule has 0 spiro atoms. The van der Waals surface area contributed by atoms with Gasteiger partial charge in [0.25, 0.3) is 0 Å². The first-order valence-corrected chi connectivity index (χ1v) is 5.65. The number of nitrogens with one attached hydrogen (secondary N) is 1. The van der Waals surface area contributed by atoms with Gasteiger partial charge in [-0.3, -0.25) is 9.59 Å². The fourth-order valence-corrected chi connectivity index (χ4v) is 1.28. The van der Waals surface area contributed by atoms with Gasteiger partial charge in [-0.25, -0.2) is 0 Å². The molecule has 1 aromatic carbocycles. The van der Waals surface area contributed by atoms with Gasteiger partial charge in [0.2, 0.25) is 5.91 Å². The number of carbonyl (C=O) groups is 2. The second-order valence-corrected chi connectivity index (χ2v) is 3.91. The molecule has 1 rings (SSSR count). The van der Waals surface area contributed by atoms with Crippen molar-refractivity contribution in [2.45, 2.75) is 13.8 Å². The summed E-state index contributed by atoms with van der Waals surface area (Å²) in [6.07, 6.45) is 0. The molecular formula is C12H14ClNO3. The van der Waals surface area contributed by atoms with E-state index in [1.165, 1.54) is 6.92 Å². The second kappa shape index (κ2) is 6.25. The Morgan fingerprint density at radius 2 is 1.94 bits per heavy atom. The van der Waals surface area contributed by atoms with E-state index in [2.05, 4.69) is 5.32 Å². The van der Waals surface area contributed by atoms with Crippen molar-refractivity contribution in [2.24, 2.45) is 5.92 Å². The molecule has 17 heavy (non-hydrogen) atoms. The summed E-state index contributed by atoms with van der Waals surface area (Å²) in [5.74, 6) is -1.75. The first-order chi connectivity index (χ1) is 8.04. The van der Waals surface area contributed by atoms with Crippen LogP contribution in [-0.2, 0) is 14.3 Å². The van der Waals surface area contributed by atoms with Crippen LogP contribution in [0.5, 0.6) is 0 Å². The van der Waals surface area contributed by atoms with Crippen LogP contribution in [0.3, 0.4) is 0 Å². The molecule has 0 saturated carbocycles. The van der Waals surface area contributed by atoms with E-state index in [0.29, 0.717) is 10.7 Å². The Hall–Kier alpha value is -1.55. The lowest BCUT2D eigenvalue weighted by Gasteiger charge is -2.11. The summed E-state index contributed by atoms with van der Waals surface area (Å²) in [6.45, 7) is 3.46. The largest absolute Gasteiger partial charge is 0.465 e. The highest BCUT2D eigenvalue weighted by atomic mass is 35.5. The molecule has 0 aromatic heterocycles. The van der Waals surface area contributed by atoms with Crippen LogP contribution in [0.2, 0.25) is 5.02 Å². The summed E-state index contributed by atoms with van der Waals surface area (Å²) >= 11 is 5.72. The topological polar surface area (TPSA) is 55.4 Å². The zero-order valence-corrected chi connectivity index (χ0v) is 10.5. The van der Waals surface area contributed by atoms with Crippen LogP contribution in [0.15, 0.2) is 24.3 Å². The van der Waals surface area contributed by atoms with E-state index in [1.807, 2.05) is 0 Å². The van der Waals surface area contributed by atoms with E-state index in [-0.39, 0.29) is 6.61 Å². The van der Waals surface area contributed by atoms with Crippen molar-refractivity contribution in [3.63, 3.8) is 0 Å². The normalized spacial score (nSPS) is 11.7. The van der Waals surface area contributed by atoms with E-state index >= 15 is 0 Å². The van der Waals surface area contributed by atoms with Gasteiger partial charge < -0.3 is 10.1 Å². The highest BCUT2D eigenvalue weighted by Crippen LogP contribution is 2.14. The molecule has 0 heterocycles. The van der Waals surface area contributed by atoms with E-state index in [1.54, 1.807) is 31.2 Å². The number of rotatable bonds is 4. The standard InChI is InChI=1S/C12H14ClNO3/c1-3-17-12(16)8(2)11(15)14-10-6-4-9(13)5-7-10/h4-8H,3H2,1-2H3,(H,14,15). The Kier molecular flexibility index (Phi) is 4.97. The lowest BCUT2D eigenvalue weighted by atomic mass is 10.1. The molecule has 1 N–H and O–H groups in total. The maximum Gasteiger partial charge on any atom is 0.318 e. The summed E-state index contributed by atoms with van der Waals surface area (Å²) in [6, 6.07) is 6.65. The molecule has 5 heteroatoms. The van der Waals surface area contributed by atoms with Crippen molar-refractivity contribution in [3.05, 3.63) is 29.3 Å². The van der Waals surface area contributed by atoms with E-state index < -0.39 is 17.8 Å². The van der Waals surface area contributed by atoms with E-state index in [4.69, 9.17) is 16.3 Å². The van der Waals surface area contributed by atoms with Crippen LogP contribution >= 0.6 is 11.6 Å². The second-order valence-electron chi connectivity index (χ2n) is 3.47. The quantitative estimate of drug-likeness (QED) is 0.664. The molecule has 1 unspecified atom stereocenters. The number of hydrogen-bond acceptors (Lipinski definition) is 3. The number of amides is 1. The van der Waals surface area contributed by atoms with Gasteiger partial charge in [-0.05, 0) is 38.1 Å². The predicted molar refractivity (Wildman–Crippen MR) is 65.9 cm³/mol. The summed E-state index contributed by atoms with van der Waals surface area (Å²) in [5, 5.41) is 3.19. The van der Waals surface area contributed by atoms with Gasteiger partial charge in [-0.1, -0.05) is 11.6 Å². The number of ether oxygens (including phenoxy) is 1. The lowest BCUT2D eigenvalue weighted by Crippen LogP contribution is -2.28. The van der Waals surface area contributed by atoms with Crippen LogP contribution in [0.25, 0.3) is 0 Å². The number of hydrogen-bond donors (Lipinski definition) is 1. The van der Waals surface area contributed by atoms with Gasteiger partial charge in [0.05, 0.1) is 6.61 Å². The van der Waals surface area contributed by atoms with Crippen LogP contribution in [0, 0.1) is 5.92 Å². The van der Waals surface area contributed by atoms with Crippen molar-refractivity contribution >= 4 is 29.2 Å². The van der Waals surface area contributed by atoms with Gasteiger partial charge in [0.1, 0.15) is 5.92 Å². The molecule has 0 saturated heterocycles. The third-order valence-corrected chi connectivity index (χ3v) is 2.40. The van der Waals surface area contributed by atoms with Gasteiger partial charge in [0, 0.05) is 10.7 Å². The summed E-state index contributed by atoms with van der Waals surface area (Å²) in [5.41, 5.74) is 0.593. The Balaban J connectivity index is 2.59. The van der Waals surface area contributed by atoms with Crippen molar-refractivity contribution in [2.75, 3.05) is 11.9 Å². The van der Waals surface area contributed by atoms with Crippen LogP contribution in [0.1, 0.15) is 13.8 Å². The monoisotopic (exact) mass is 255 g/mol. The molecule has 0 radical (unpaired) electrons. The number of benzene rings is 1. The van der Waals surface area contributed by atoms with Crippen LogP contribution < -0.4 is 5.32 Å². The first kappa shape index (κ1) is 13.5. The minimum Gasteiger partial charge on any atom is -0.465 e. The molecule has 1 aromatic rings. The van der Waals surface area contributed by atoms with Crippen LogP contribution in [-0.4, -0.2) is 18.5 Å². The zero-order valence-electron chi connectivity index (χ0n) is 9.70. The Morgan fingerprint density at radius 3 is 2.47 bits per heavy atom. The highest BCUT2D eigenvalue weighted by molar-refractivity contribution is 6.30. The minimum atomic E-state index is -0.828. The third kappa shape index (κ3) is 4.07. The number of carbonyl (C=O) groups excluding carboxylic acids is 2. The first-order valence-electron chi connectivity index (χ1n) is 5.27. The van der Waals surface area contributed by atoms with Gasteiger partial charge in [-0.15, -0.1) is 0 Å². The highest BCUT2D eigenvalue weighted by Gasteiger charge is 2.22. The molecule has 0 fully saturated rings. The van der Waals surface area contributed by atoms with Crippen molar-refractivity contribution in [1.29, 1.82) is 0 Å². The number of esters is 1. The minimum absolute atomic E-state index is 0.261. The van der Waals surface area contributed by atoms with E-state index in [9.17, 15) is 9.59 Å².